The number of carbonyl (C=O) groups excluding carboxylic acids is 1. The molecule has 4 rings (SSSR count). The maximum atomic E-state index is 11.8. The first-order chi connectivity index (χ1) is 22.9. The van der Waals surface area contributed by atoms with Crippen LogP contribution in [0.4, 0.5) is 10.5 Å². The van der Waals surface area contributed by atoms with E-state index in [-0.39, 0.29) is 31.1 Å². The Balaban J connectivity index is 1.32. The van der Waals surface area contributed by atoms with E-state index >= 15 is 0 Å². The van der Waals surface area contributed by atoms with Crippen molar-refractivity contribution in [1.82, 2.24) is 4.90 Å². The molecular weight excluding hydrogens is 604 g/mol. The molecule has 0 aliphatic carbocycles. The Morgan fingerprint density at radius 3 is 2.40 bits per heavy atom. The number of likely N-dealkylation sites (tertiary alicyclic amines) is 1. The van der Waals surface area contributed by atoms with E-state index in [1.54, 1.807) is 20.3 Å². The van der Waals surface area contributed by atoms with Gasteiger partial charge in [0.1, 0.15) is 17.2 Å². The van der Waals surface area contributed by atoms with Crippen LogP contribution in [0.2, 0.25) is 0 Å². The van der Waals surface area contributed by atoms with E-state index in [4.69, 9.17) is 28.4 Å². The van der Waals surface area contributed by atoms with Crippen molar-refractivity contribution in [2.75, 3.05) is 59.1 Å². The number of hydrogen-bond acceptors (Lipinski definition) is 8. The molecule has 1 aliphatic heterocycles. The highest BCUT2D eigenvalue weighted by Gasteiger charge is 2.33. The summed E-state index contributed by atoms with van der Waals surface area (Å²) in [5.41, 5.74) is 3.50. The lowest BCUT2D eigenvalue weighted by atomic mass is 9.87. The van der Waals surface area contributed by atoms with Crippen molar-refractivity contribution in [3.05, 3.63) is 83.4 Å². The number of methoxy groups -OCH3 is 2. The standard InChI is InChI=1S/C36H46N2O9/c1-26(39)37-32-15-10-27(22-34(32)46-21-6-18-42-2)24-47-35-23-38(36(40)41)17-16-31(35)28-11-13-30(14-12-28)45-20-7-19-44-25-29-8-4-5-9-33(29)43-3/h4-5,8-15,22,31,35H,6-7,16-21,23-25H2,1-3H3,(H,37,39)(H,40,41). The van der Waals surface area contributed by atoms with Crippen molar-refractivity contribution < 1.29 is 43.1 Å². The molecule has 0 aromatic heterocycles. The van der Waals surface area contributed by atoms with Crippen LogP contribution in [0.3, 0.4) is 0 Å². The van der Waals surface area contributed by atoms with Crippen LogP contribution < -0.4 is 19.5 Å². The Morgan fingerprint density at radius 1 is 0.894 bits per heavy atom. The van der Waals surface area contributed by atoms with Crippen LogP contribution in [0.15, 0.2) is 66.7 Å². The van der Waals surface area contributed by atoms with Gasteiger partial charge in [0.05, 0.1) is 58.5 Å². The van der Waals surface area contributed by atoms with E-state index in [1.165, 1.54) is 11.8 Å². The summed E-state index contributed by atoms with van der Waals surface area (Å²) in [5, 5.41) is 12.5. The van der Waals surface area contributed by atoms with Crippen LogP contribution >= 0.6 is 0 Å². The molecule has 2 atom stereocenters. The Kier molecular flexibility index (Phi) is 14.2. The monoisotopic (exact) mass is 650 g/mol. The van der Waals surface area contributed by atoms with Gasteiger partial charge in [-0.1, -0.05) is 36.4 Å². The number of hydrogen-bond donors (Lipinski definition) is 2. The van der Waals surface area contributed by atoms with Gasteiger partial charge in [-0.25, -0.2) is 4.79 Å². The number of ether oxygens (including phenoxy) is 6. The van der Waals surface area contributed by atoms with E-state index in [9.17, 15) is 14.7 Å². The number of para-hydroxylation sites is 1. The number of nitrogens with zero attached hydrogens (tertiary/aromatic N) is 1. The van der Waals surface area contributed by atoms with Gasteiger partial charge in [0, 0.05) is 51.5 Å². The summed E-state index contributed by atoms with van der Waals surface area (Å²) in [6.45, 7) is 4.95. The first-order valence-corrected chi connectivity index (χ1v) is 15.9. The number of piperidine rings is 1. The molecule has 1 saturated heterocycles. The van der Waals surface area contributed by atoms with E-state index in [1.807, 2.05) is 60.7 Å². The zero-order valence-corrected chi connectivity index (χ0v) is 27.4. The quantitative estimate of drug-likeness (QED) is 0.157. The lowest BCUT2D eigenvalue weighted by Crippen LogP contribution is -2.46. The summed E-state index contributed by atoms with van der Waals surface area (Å²) in [5.74, 6) is 1.93. The van der Waals surface area contributed by atoms with Gasteiger partial charge in [0.2, 0.25) is 5.91 Å². The predicted octanol–water partition coefficient (Wildman–Crippen LogP) is 6.11. The highest BCUT2D eigenvalue weighted by molar-refractivity contribution is 5.90. The van der Waals surface area contributed by atoms with Crippen LogP contribution in [-0.4, -0.2) is 81.8 Å². The summed E-state index contributed by atoms with van der Waals surface area (Å²) in [7, 11) is 3.29. The van der Waals surface area contributed by atoms with Crippen molar-refractivity contribution in [3.8, 4) is 17.2 Å². The third-order valence-corrected chi connectivity index (χ3v) is 7.86. The Bertz CT molecular complexity index is 1420. The Labute approximate surface area is 276 Å². The molecular formula is C36H46N2O9. The summed E-state index contributed by atoms with van der Waals surface area (Å²) >= 11 is 0. The lowest BCUT2D eigenvalue weighted by molar-refractivity contribution is -0.114. The van der Waals surface area contributed by atoms with Gasteiger partial charge in [-0.05, 0) is 47.9 Å². The van der Waals surface area contributed by atoms with Crippen LogP contribution in [0.5, 0.6) is 17.2 Å². The van der Waals surface area contributed by atoms with E-state index < -0.39 is 6.09 Å². The number of amides is 2. The second kappa shape index (κ2) is 18.7. The molecule has 11 nitrogen and oxygen atoms in total. The van der Waals surface area contributed by atoms with Crippen LogP contribution in [-0.2, 0) is 32.2 Å². The van der Waals surface area contributed by atoms with Gasteiger partial charge in [0.25, 0.3) is 0 Å². The normalized spacial score (nSPS) is 16.0. The highest BCUT2D eigenvalue weighted by Crippen LogP contribution is 2.33. The molecule has 0 bridgehead atoms. The Morgan fingerprint density at radius 2 is 1.66 bits per heavy atom. The summed E-state index contributed by atoms with van der Waals surface area (Å²) in [4.78, 5) is 24.9. The SMILES string of the molecule is COCCCOc1cc(COC2CN(C(=O)O)CCC2c2ccc(OCCCOCc3ccccc3OC)cc2)ccc1NC(C)=O. The lowest BCUT2D eigenvalue weighted by Gasteiger charge is -2.37. The third-order valence-electron chi connectivity index (χ3n) is 7.86. The molecule has 0 radical (unpaired) electrons. The van der Waals surface area contributed by atoms with Gasteiger partial charge in [0.15, 0.2) is 0 Å². The first-order valence-electron chi connectivity index (χ1n) is 15.9. The smallest absolute Gasteiger partial charge is 0.407 e. The average molecular weight is 651 g/mol. The van der Waals surface area contributed by atoms with Gasteiger partial charge in [-0.3, -0.25) is 4.79 Å². The summed E-state index contributed by atoms with van der Waals surface area (Å²) in [6.07, 6.45) is 0.767. The minimum absolute atomic E-state index is 0.00597. The van der Waals surface area contributed by atoms with Crippen molar-refractivity contribution in [1.29, 1.82) is 0 Å². The summed E-state index contributed by atoms with van der Waals surface area (Å²) in [6, 6.07) is 21.3. The second-order valence-electron chi connectivity index (χ2n) is 11.3. The van der Waals surface area contributed by atoms with Gasteiger partial charge >= 0.3 is 6.09 Å². The molecule has 11 heteroatoms. The number of rotatable bonds is 18. The molecule has 2 unspecified atom stereocenters. The molecule has 1 heterocycles. The van der Waals surface area contributed by atoms with E-state index in [0.29, 0.717) is 63.9 Å². The zero-order chi connectivity index (χ0) is 33.4. The van der Waals surface area contributed by atoms with Gasteiger partial charge < -0.3 is 43.7 Å². The van der Waals surface area contributed by atoms with Crippen LogP contribution in [0, 0.1) is 0 Å². The molecule has 0 spiro atoms. The Hall–Kier alpha value is -4.32. The molecule has 1 fully saturated rings. The molecule has 1 aliphatic rings. The molecule has 47 heavy (non-hydrogen) atoms. The minimum atomic E-state index is -0.959. The average Bonchev–Trinajstić information content (AvgIpc) is 3.08. The van der Waals surface area contributed by atoms with Gasteiger partial charge in [-0.2, -0.15) is 0 Å². The van der Waals surface area contributed by atoms with Crippen molar-refractivity contribution in [2.24, 2.45) is 0 Å². The van der Waals surface area contributed by atoms with Crippen molar-refractivity contribution >= 4 is 17.7 Å². The largest absolute Gasteiger partial charge is 0.496 e. The molecule has 0 saturated carbocycles. The molecule has 2 N–H and O–H groups in total. The van der Waals surface area contributed by atoms with Crippen LogP contribution in [0.1, 0.15) is 48.8 Å². The van der Waals surface area contributed by atoms with Crippen LogP contribution in [0.25, 0.3) is 0 Å². The highest BCUT2D eigenvalue weighted by atomic mass is 16.5. The zero-order valence-electron chi connectivity index (χ0n) is 27.4. The predicted molar refractivity (Wildman–Crippen MR) is 177 cm³/mol. The number of anilines is 1. The maximum absolute atomic E-state index is 11.8. The number of benzene rings is 3. The number of carbonyl (C=O) groups is 2. The fourth-order valence-corrected chi connectivity index (χ4v) is 5.46. The fraction of sp³-hybridized carbons (Fsp3) is 0.444. The summed E-state index contributed by atoms with van der Waals surface area (Å²) < 4.78 is 34.5. The number of carboxylic acid groups (broad SMARTS) is 1. The third kappa shape index (κ3) is 11.2. The first kappa shape index (κ1) is 35.5. The molecule has 3 aromatic carbocycles. The molecule has 2 amide bonds. The second-order valence-corrected chi connectivity index (χ2v) is 11.3. The molecule has 254 valence electrons. The van der Waals surface area contributed by atoms with E-state index in [2.05, 4.69) is 5.32 Å². The topological polar surface area (TPSA) is 125 Å². The minimum Gasteiger partial charge on any atom is -0.496 e. The maximum Gasteiger partial charge on any atom is 0.407 e. The molecule has 3 aromatic rings. The number of nitrogens with one attached hydrogen (secondary N) is 1. The fourth-order valence-electron chi connectivity index (χ4n) is 5.46. The van der Waals surface area contributed by atoms with E-state index in [0.717, 1.165) is 34.6 Å². The van der Waals surface area contributed by atoms with Crippen molar-refractivity contribution in [3.63, 3.8) is 0 Å². The van der Waals surface area contributed by atoms with Gasteiger partial charge in [-0.15, -0.1) is 0 Å². The van der Waals surface area contributed by atoms with Crippen molar-refractivity contribution in [2.45, 2.75) is 51.4 Å².